The van der Waals surface area contributed by atoms with Crippen molar-refractivity contribution in [3.05, 3.63) is 47.6 Å². The molecule has 13 nitrogen and oxygen atoms in total. The standard InChI is InChI=1S/C51H81NO12/c1-31-16-12-11-13-17-33(3)43(60-8)30-39-22-20-37(7)51(59,64-39)48(56)49(57)52-25-15-14-18-40(52)50(58)63-42(34(4)28-38-21-23-41(53)44(29-38)61-9)24-19-32(2)27-36(6)46(55)47(62-10)45(54)35(5)26-31/h11-13,16-17,27,31-32,34-35,37-44,46-47,53,55,59H,14-15,18-26,28-30H2,1-10H3/b13-11+,16-12+,33-17+,36-27+/t31-,32+,34-,35-,37-,38+,39+,40+,41-,42+,43+,44-,46-,47+,51-/m1/s1. The minimum atomic E-state index is -2.38. The fourth-order valence-electron chi connectivity index (χ4n) is 10.3. The van der Waals surface area contributed by atoms with Crippen LogP contribution < -0.4 is 0 Å². The molecule has 4 aliphatic rings. The molecule has 1 amide bonds. The monoisotopic (exact) mass is 900 g/mol. The van der Waals surface area contributed by atoms with Crippen LogP contribution >= 0.6 is 0 Å². The van der Waals surface area contributed by atoms with Crippen molar-refractivity contribution in [1.29, 1.82) is 0 Å². The first-order valence-electron chi connectivity index (χ1n) is 24.0. The summed E-state index contributed by atoms with van der Waals surface area (Å²) in [5.41, 5.74) is 1.51. The Bertz CT molecular complexity index is 1670. The Morgan fingerprint density at radius 3 is 2.23 bits per heavy atom. The molecule has 0 aromatic carbocycles. The molecule has 362 valence electrons. The Labute approximate surface area is 383 Å². The number of piperidine rings is 1. The van der Waals surface area contributed by atoms with Crippen LogP contribution in [0.3, 0.4) is 0 Å². The molecule has 4 rings (SSSR count). The zero-order valence-corrected chi connectivity index (χ0v) is 40.4. The molecule has 3 N–H and O–H groups in total. The first-order chi connectivity index (χ1) is 30.3. The number of carbonyl (C=O) groups is 4. The SMILES string of the molecule is CO[C@H]1C[C@@H]2CC[C@@H](C)[C@@](O)(O2)C(=O)C(=O)N2CCCC[C@H]2C(=O)O[C@H]([C@H](C)C[C@@H]2CC[C@@H](O)[C@H](OC)C2)CC[C@H](C)/C=C(\C)[C@@H](O)[C@@H](OC)C(=O)[C@H](C)C[C@H](C)/C=C/C=C/C=C/1C. The van der Waals surface area contributed by atoms with Crippen molar-refractivity contribution in [1.82, 2.24) is 4.90 Å². The Balaban J connectivity index is 1.67. The van der Waals surface area contributed by atoms with E-state index in [1.54, 1.807) is 28.1 Å². The number of aliphatic hydroxyl groups excluding tert-OH is 2. The fourth-order valence-corrected chi connectivity index (χ4v) is 10.3. The van der Waals surface area contributed by atoms with Gasteiger partial charge in [-0.2, -0.15) is 0 Å². The minimum absolute atomic E-state index is 0.0678. The number of cyclic esters (lactones) is 1. The van der Waals surface area contributed by atoms with Gasteiger partial charge in [-0.25, -0.2) is 4.79 Å². The average Bonchev–Trinajstić information content (AvgIpc) is 3.27. The molecule has 1 saturated carbocycles. The predicted octanol–water partition coefficient (Wildman–Crippen LogP) is 7.00. The Morgan fingerprint density at radius 1 is 0.812 bits per heavy atom. The van der Waals surface area contributed by atoms with Crippen LogP contribution in [0.1, 0.15) is 132 Å². The number of amides is 1. The van der Waals surface area contributed by atoms with Crippen molar-refractivity contribution >= 4 is 23.4 Å². The van der Waals surface area contributed by atoms with E-state index >= 15 is 0 Å². The summed E-state index contributed by atoms with van der Waals surface area (Å²) in [7, 11) is 4.65. The highest BCUT2D eigenvalue weighted by atomic mass is 16.6. The van der Waals surface area contributed by atoms with Crippen molar-refractivity contribution in [2.24, 2.45) is 35.5 Å². The maximum absolute atomic E-state index is 14.4. The summed E-state index contributed by atoms with van der Waals surface area (Å²) in [5, 5.41) is 33.9. The van der Waals surface area contributed by atoms with E-state index < -0.39 is 72.0 Å². The normalized spacial score (nSPS) is 40.8. The summed E-state index contributed by atoms with van der Waals surface area (Å²) in [6.45, 7) is 13.6. The van der Waals surface area contributed by atoms with Crippen molar-refractivity contribution in [3.63, 3.8) is 0 Å². The molecule has 0 aromatic rings. The Kier molecular flexibility index (Phi) is 21.1. The van der Waals surface area contributed by atoms with Crippen LogP contribution in [0.4, 0.5) is 0 Å². The van der Waals surface area contributed by atoms with E-state index in [4.69, 9.17) is 23.7 Å². The van der Waals surface area contributed by atoms with E-state index in [1.807, 2.05) is 64.2 Å². The van der Waals surface area contributed by atoms with E-state index in [-0.39, 0.29) is 48.0 Å². The third-order valence-corrected chi connectivity index (χ3v) is 14.5. The largest absolute Gasteiger partial charge is 0.461 e. The molecule has 13 heteroatoms. The van der Waals surface area contributed by atoms with Crippen LogP contribution in [0.15, 0.2) is 47.6 Å². The fraction of sp³-hybridized carbons (Fsp3) is 0.765. The number of ketones is 2. The number of allylic oxidation sites excluding steroid dienone is 6. The number of methoxy groups -OCH3 is 3. The van der Waals surface area contributed by atoms with Crippen LogP contribution in [0, 0.1) is 35.5 Å². The Morgan fingerprint density at radius 2 is 1.55 bits per heavy atom. The highest BCUT2D eigenvalue weighted by molar-refractivity contribution is 6.39. The van der Waals surface area contributed by atoms with Crippen LogP contribution in [-0.4, -0.2) is 126 Å². The molecule has 0 spiro atoms. The zero-order valence-electron chi connectivity index (χ0n) is 40.4. The second kappa shape index (κ2) is 25.2. The van der Waals surface area contributed by atoms with Gasteiger partial charge < -0.3 is 43.9 Å². The van der Waals surface area contributed by atoms with Gasteiger partial charge in [-0.05, 0) is 126 Å². The molecule has 3 fully saturated rings. The third kappa shape index (κ3) is 14.2. The van der Waals surface area contributed by atoms with E-state index in [0.717, 1.165) is 18.4 Å². The number of aliphatic hydroxyl groups is 3. The zero-order chi connectivity index (χ0) is 47.3. The first kappa shape index (κ1) is 53.6. The molecule has 15 atom stereocenters. The minimum Gasteiger partial charge on any atom is -0.461 e. The molecule has 3 heterocycles. The molecule has 0 radical (unpaired) electrons. The number of hydrogen-bond donors (Lipinski definition) is 3. The van der Waals surface area contributed by atoms with Gasteiger partial charge >= 0.3 is 5.97 Å². The number of Topliss-reactive ketones (excluding diaryl/α,β-unsaturated/α-hetero) is 2. The van der Waals surface area contributed by atoms with Crippen LogP contribution in [0.2, 0.25) is 0 Å². The van der Waals surface area contributed by atoms with Crippen molar-refractivity contribution in [3.8, 4) is 0 Å². The molecule has 0 unspecified atom stereocenters. The maximum atomic E-state index is 14.4. The summed E-state index contributed by atoms with van der Waals surface area (Å²) in [6, 6.07) is -1.02. The van der Waals surface area contributed by atoms with Gasteiger partial charge in [-0.1, -0.05) is 71.1 Å². The van der Waals surface area contributed by atoms with Crippen molar-refractivity contribution in [2.45, 2.75) is 186 Å². The van der Waals surface area contributed by atoms with E-state index in [1.165, 1.54) is 12.0 Å². The lowest BCUT2D eigenvalue weighted by atomic mass is 9.78. The number of rotatable bonds is 6. The van der Waals surface area contributed by atoms with Gasteiger partial charge in [0.25, 0.3) is 11.7 Å². The predicted molar refractivity (Wildman–Crippen MR) is 245 cm³/mol. The van der Waals surface area contributed by atoms with Gasteiger partial charge in [-0.3, -0.25) is 14.4 Å². The van der Waals surface area contributed by atoms with Crippen LogP contribution in [0.5, 0.6) is 0 Å². The summed E-state index contributed by atoms with van der Waals surface area (Å²) < 4.78 is 29.6. The molecule has 3 aliphatic heterocycles. The highest BCUT2D eigenvalue weighted by Gasteiger charge is 2.53. The van der Waals surface area contributed by atoms with Gasteiger partial charge in [0.2, 0.25) is 5.79 Å². The van der Waals surface area contributed by atoms with Crippen molar-refractivity contribution < 1.29 is 58.2 Å². The lowest BCUT2D eigenvalue weighted by Gasteiger charge is -2.42. The number of esters is 1. The topological polar surface area (TPSA) is 178 Å². The van der Waals surface area contributed by atoms with E-state index in [0.29, 0.717) is 76.2 Å². The van der Waals surface area contributed by atoms with Crippen LogP contribution in [-0.2, 0) is 42.9 Å². The number of hydrogen-bond acceptors (Lipinski definition) is 12. The molecule has 2 saturated heterocycles. The summed E-state index contributed by atoms with van der Waals surface area (Å²) in [5.74, 6) is -6.09. The Hall–Kier alpha value is -3.04. The van der Waals surface area contributed by atoms with E-state index in [2.05, 4.69) is 6.92 Å². The van der Waals surface area contributed by atoms with Gasteiger partial charge in [-0.15, -0.1) is 0 Å². The molecule has 1 aliphatic carbocycles. The quantitative estimate of drug-likeness (QED) is 0.142. The highest BCUT2D eigenvalue weighted by Crippen LogP contribution is 2.38. The lowest BCUT2D eigenvalue weighted by molar-refractivity contribution is -0.265. The molecular weight excluding hydrogens is 819 g/mol. The third-order valence-electron chi connectivity index (χ3n) is 14.5. The van der Waals surface area contributed by atoms with Gasteiger partial charge in [0.15, 0.2) is 5.78 Å². The van der Waals surface area contributed by atoms with Gasteiger partial charge in [0.1, 0.15) is 24.4 Å². The second-order valence-corrected chi connectivity index (χ2v) is 19.7. The molecular formula is C51H81NO12. The lowest BCUT2D eigenvalue weighted by Crippen LogP contribution is -2.61. The van der Waals surface area contributed by atoms with Gasteiger partial charge in [0.05, 0.1) is 24.4 Å². The summed E-state index contributed by atoms with van der Waals surface area (Å²) in [6.07, 6.45) is 14.5. The first-order valence-corrected chi connectivity index (χ1v) is 24.0. The average molecular weight is 900 g/mol. The number of ether oxygens (including phenoxy) is 5. The second-order valence-electron chi connectivity index (χ2n) is 19.7. The van der Waals surface area contributed by atoms with Crippen molar-refractivity contribution in [2.75, 3.05) is 27.9 Å². The number of nitrogens with zero attached hydrogens (tertiary/aromatic N) is 1. The smallest absolute Gasteiger partial charge is 0.329 e. The van der Waals surface area contributed by atoms with Gasteiger partial charge in [0, 0.05) is 46.1 Å². The summed E-state index contributed by atoms with van der Waals surface area (Å²) >= 11 is 0. The van der Waals surface area contributed by atoms with E-state index in [9.17, 15) is 34.5 Å². The number of fused-ring (bicyclic) bond motifs is 3. The summed E-state index contributed by atoms with van der Waals surface area (Å²) in [4.78, 5) is 57.8. The molecule has 0 aromatic heterocycles. The molecule has 2 bridgehead atoms. The maximum Gasteiger partial charge on any atom is 0.329 e. The van der Waals surface area contributed by atoms with Crippen LogP contribution in [0.25, 0.3) is 0 Å². The number of carbonyl (C=O) groups excluding carboxylic acids is 4. The molecule has 64 heavy (non-hydrogen) atoms.